The fraction of sp³-hybridized carbons (Fsp3) is 0.538. The van der Waals surface area contributed by atoms with E-state index in [1.165, 1.54) is 18.2 Å². The topological polar surface area (TPSA) is 44.5 Å². The Hall–Kier alpha value is -1.34. The Balaban J connectivity index is 2.37. The SMILES string of the molecule is C[C@H](N)c1ccc(F)cc1OCCCOCC(F)(F)F. The molecule has 20 heavy (non-hydrogen) atoms. The van der Waals surface area contributed by atoms with Crippen molar-refractivity contribution in [1.82, 2.24) is 0 Å². The van der Waals surface area contributed by atoms with Crippen molar-refractivity contribution in [2.75, 3.05) is 19.8 Å². The van der Waals surface area contributed by atoms with Gasteiger partial charge in [-0.15, -0.1) is 0 Å². The summed E-state index contributed by atoms with van der Waals surface area (Å²) >= 11 is 0. The van der Waals surface area contributed by atoms with Gasteiger partial charge in [0, 0.05) is 24.1 Å². The van der Waals surface area contributed by atoms with E-state index < -0.39 is 18.6 Å². The van der Waals surface area contributed by atoms with Crippen LogP contribution >= 0.6 is 0 Å². The molecule has 7 heteroatoms. The minimum Gasteiger partial charge on any atom is -0.493 e. The number of benzene rings is 1. The molecule has 0 bridgehead atoms. The van der Waals surface area contributed by atoms with Crippen LogP contribution in [0.25, 0.3) is 0 Å². The Bertz CT molecular complexity index is 421. The van der Waals surface area contributed by atoms with Crippen LogP contribution in [0.4, 0.5) is 17.6 Å². The zero-order valence-corrected chi connectivity index (χ0v) is 11.0. The molecule has 0 spiro atoms. The Kier molecular flexibility index (Phi) is 6.22. The van der Waals surface area contributed by atoms with Crippen molar-refractivity contribution in [1.29, 1.82) is 0 Å². The van der Waals surface area contributed by atoms with Crippen LogP contribution in [-0.2, 0) is 4.74 Å². The van der Waals surface area contributed by atoms with Gasteiger partial charge in [-0.3, -0.25) is 0 Å². The van der Waals surface area contributed by atoms with Crippen molar-refractivity contribution in [3.63, 3.8) is 0 Å². The number of ether oxygens (including phenoxy) is 2. The van der Waals surface area contributed by atoms with Gasteiger partial charge in [-0.25, -0.2) is 4.39 Å². The van der Waals surface area contributed by atoms with Gasteiger partial charge in [0.1, 0.15) is 18.2 Å². The molecule has 0 radical (unpaired) electrons. The van der Waals surface area contributed by atoms with Gasteiger partial charge in [-0.1, -0.05) is 6.07 Å². The second kappa shape index (κ2) is 7.44. The van der Waals surface area contributed by atoms with Crippen LogP contribution in [0.2, 0.25) is 0 Å². The molecule has 0 unspecified atom stereocenters. The molecule has 1 atom stereocenters. The fourth-order valence-corrected chi connectivity index (χ4v) is 1.54. The van der Waals surface area contributed by atoms with Gasteiger partial charge < -0.3 is 15.2 Å². The van der Waals surface area contributed by atoms with Gasteiger partial charge in [-0.05, 0) is 13.0 Å². The Morgan fingerprint density at radius 3 is 2.55 bits per heavy atom. The first-order valence-corrected chi connectivity index (χ1v) is 6.12. The molecule has 0 aliphatic rings. The highest BCUT2D eigenvalue weighted by molar-refractivity contribution is 5.36. The Morgan fingerprint density at radius 2 is 1.95 bits per heavy atom. The average molecular weight is 295 g/mol. The van der Waals surface area contributed by atoms with E-state index in [0.717, 1.165) is 0 Å². The third-order valence-electron chi connectivity index (χ3n) is 2.42. The average Bonchev–Trinajstić information content (AvgIpc) is 2.32. The quantitative estimate of drug-likeness (QED) is 0.620. The fourth-order valence-electron chi connectivity index (χ4n) is 1.54. The number of halogens is 4. The van der Waals surface area contributed by atoms with Crippen molar-refractivity contribution < 1.29 is 27.0 Å². The number of alkyl halides is 3. The predicted molar refractivity (Wildman–Crippen MR) is 66.0 cm³/mol. The summed E-state index contributed by atoms with van der Waals surface area (Å²) in [6.07, 6.45) is -4.06. The van der Waals surface area contributed by atoms with E-state index in [1.807, 2.05) is 0 Å². The van der Waals surface area contributed by atoms with Crippen LogP contribution in [0.5, 0.6) is 5.75 Å². The van der Waals surface area contributed by atoms with Crippen LogP contribution in [0.3, 0.4) is 0 Å². The third kappa shape index (κ3) is 6.21. The molecule has 1 aromatic rings. The van der Waals surface area contributed by atoms with Gasteiger partial charge in [-0.2, -0.15) is 13.2 Å². The molecule has 0 aromatic heterocycles. The van der Waals surface area contributed by atoms with Crippen LogP contribution in [0.1, 0.15) is 24.9 Å². The summed E-state index contributed by atoms with van der Waals surface area (Å²) in [5.41, 5.74) is 6.35. The number of hydrogen-bond donors (Lipinski definition) is 1. The van der Waals surface area contributed by atoms with Gasteiger partial charge in [0.2, 0.25) is 0 Å². The smallest absolute Gasteiger partial charge is 0.411 e. The summed E-state index contributed by atoms with van der Waals surface area (Å²) in [6.45, 7) is 0.494. The molecular formula is C13H17F4NO2. The third-order valence-corrected chi connectivity index (χ3v) is 2.42. The maximum Gasteiger partial charge on any atom is 0.411 e. The summed E-state index contributed by atoms with van der Waals surface area (Å²) in [5, 5.41) is 0. The normalized spacial score (nSPS) is 13.3. The number of rotatable bonds is 7. The summed E-state index contributed by atoms with van der Waals surface area (Å²) < 4.78 is 58.3. The molecule has 2 N–H and O–H groups in total. The molecule has 0 saturated heterocycles. The minimum absolute atomic E-state index is 0.0810. The van der Waals surface area contributed by atoms with Crippen LogP contribution in [0.15, 0.2) is 18.2 Å². The monoisotopic (exact) mass is 295 g/mol. The molecule has 0 fully saturated rings. The lowest BCUT2D eigenvalue weighted by molar-refractivity contribution is -0.174. The molecule has 0 saturated carbocycles. The van der Waals surface area contributed by atoms with E-state index in [0.29, 0.717) is 11.3 Å². The van der Waals surface area contributed by atoms with Gasteiger partial charge in [0.05, 0.1) is 13.2 Å². The van der Waals surface area contributed by atoms with E-state index in [4.69, 9.17) is 10.5 Å². The maximum atomic E-state index is 13.1. The van der Waals surface area contributed by atoms with Crippen LogP contribution in [0, 0.1) is 5.82 Å². The minimum atomic E-state index is -4.33. The highest BCUT2D eigenvalue weighted by Crippen LogP contribution is 2.25. The van der Waals surface area contributed by atoms with Crippen molar-refractivity contribution in [3.8, 4) is 5.75 Å². The number of nitrogens with two attached hydrogens (primary N) is 1. The largest absolute Gasteiger partial charge is 0.493 e. The van der Waals surface area contributed by atoms with E-state index in [-0.39, 0.29) is 25.7 Å². The van der Waals surface area contributed by atoms with E-state index in [9.17, 15) is 17.6 Å². The molecule has 0 aliphatic heterocycles. The highest BCUT2D eigenvalue weighted by Gasteiger charge is 2.27. The maximum absolute atomic E-state index is 13.1. The second-order valence-corrected chi connectivity index (χ2v) is 4.34. The first-order chi connectivity index (χ1) is 9.29. The molecule has 1 rings (SSSR count). The standard InChI is InChI=1S/C13H17F4NO2/c1-9(18)11-4-3-10(14)7-12(11)20-6-2-5-19-8-13(15,16)17/h3-4,7,9H,2,5-6,8,18H2,1H3/t9-/m0/s1. The first kappa shape index (κ1) is 16.7. The van der Waals surface area contributed by atoms with E-state index >= 15 is 0 Å². The number of hydrogen-bond acceptors (Lipinski definition) is 3. The summed E-state index contributed by atoms with van der Waals surface area (Å²) in [5.74, 6) is -0.159. The lowest BCUT2D eigenvalue weighted by Gasteiger charge is -2.14. The molecule has 0 aliphatic carbocycles. The Morgan fingerprint density at radius 1 is 1.25 bits per heavy atom. The van der Waals surface area contributed by atoms with Crippen molar-refractivity contribution in [2.45, 2.75) is 25.6 Å². The molecule has 3 nitrogen and oxygen atoms in total. The summed E-state index contributed by atoms with van der Waals surface area (Å²) in [7, 11) is 0. The summed E-state index contributed by atoms with van der Waals surface area (Å²) in [6, 6.07) is 3.68. The van der Waals surface area contributed by atoms with Gasteiger partial charge in [0.25, 0.3) is 0 Å². The zero-order chi connectivity index (χ0) is 15.2. The van der Waals surface area contributed by atoms with Crippen LogP contribution < -0.4 is 10.5 Å². The van der Waals surface area contributed by atoms with Gasteiger partial charge in [0.15, 0.2) is 0 Å². The Labute approximate surface area is 114 Å². The lowest BCUT2D eigenvalue weighted by Crippen LogP contribution is -2.18. The summed E-state index contributed by atoms with van der Waals surface area (Å²) in [4.78, 5) is 0. The molecular weight excluding hydrogens is 278 g/mol. The molecule has 0 amide bonds. The highest BCUT2D eigenvalue weighted by atomic mass is 19.4. The predicted octanol–water partition coefficient (Wildman–Crippen LogP) is 3.19. The zero-order valence-electron chi connectivity index (χ0n) is 11.0. The molecule has 1 aromatic carbocycles. The van der Waals surface area contributed by atoms with Crippen molar-refractivity contribution in [2.24, 2.45) is 5.73 Å². The molecule has 114 valence electrons. The van der Waals surface area contributed by atoms with E-state index in [2.05, 4.69) is 4.74 Å². The van der Waals surface area contributed by atoms with Gasteiger partial charge >= 0.3 is 6.18 Å². The van der Waals surface area contributed by atoms with Crippen molar-refractivity contribution in [3.05, 3.63) is 29.6 Å². The van der Waals surface area contributed by atoms with E-state index in [1.54, 1.807) is 6.92 Å². The molecule has 0 heterocycles. The second-order valence-electron chi connectivity index (χ2n) is 4.34. The van der Waals surface area contributed by atoms with Crippen LogP contribution in [-0.4, -0.2) is 26.0 Å². The lowest BCUT2D eigenvalue weighted by atomic mass is 10.1. The van der Waals surface area contributed by atoms with Crippen molar-refractivity contribution >= 4 is 0 Å². The first-order valence-electron chi connectivity index (χ1n) is 6.12.